The number of hydrogen-bond acceptors (Lipinski definition) is 1. The molecule has 0 amide bonds. The molecule has 2 rings (SSSR count). The molecule has 15 heavy (non-hydrogen) atoms. The van der Waals surface area contributed by atoms with Crippen molar-refractivity contribution in [2.24, 2.45) is 0 Å². The molecular weight excluding hydrogens is 182 g/mol. The van der Waals surface area contributed by atoms with Gasteiger partial charge in [-0.3, -0.25) is 0 Å². The van der Waals surface area contributed by atoms with E-state index >= 15 is 0 Å². The average Bonchev–Trinajstić information content (AvgIpc) is 2.23. The van der Waals surface area contributed by atoms with Crippen LogP contribution in [-0.4, -0.2) is 13.1 Å². The Hall–Kier alpha value is -0.820. The van der Waals surface area contributed by atoms with Crippen molar-refractivity contribution in [3.05, 3.63) is 34.9 Å². The molecule has 1 aromatic carbocycles. The predicted molar refractivity (Wildman–Crippen MR) is 65.4 cm³/mol. The smallest absolute Gasteiger partial charge is 0.00501 e. The molecule has 1 heterocycles. The standard InChI is InChI=1S/C14H21N/c1-11-5-6-13(9-12(11)2)14(3)7-4-8-15-10-14/h5-6,9,15H,4,7-8,10H2,1-3H3. The lowest BCUT2D eigenvalue weighted by Crippen LogP contribution is -2.41. The summed E-state index contributed by atoms with van der Waals surface area (Å²) in [5.74, 6) is 0. The topological polar surface area (TPSA) is 12.0 Å². The Kier molecular flexibility index (Phi) is 2.83. The fourth-order valence-corrected chi connectivity index (χ4v) is 2.42. The van der Waals surface area contributed by atoms with Gasteiger partial charge in [-0.15, -0.1) is 0 Å². The second-order valence-corrected chi connectivity index (χ2v) is 5.14. The summed E-state index contributed by atoms with van der Waals surface area (Å²) in [4.78, 5) is 0. The Labute approximate surface area is 92.9 Å². The van der Waals surface area contributed by atoms with Crippen LogP contribution in [0.3, 0.4) is 0 Å². The van der Waals surface area contributed by atoms with Crippen LogP contribution in [0.5, 0.6) is 0 Å². The van der Waals surface area contributed by atoms with E-state index in [0.717, 1.165) is 6.54 Å². The number of hydrogen-bond donors (Lipinski definition) is 1. The molecule has 82 valence electrons. The normalized spacial score (nSPS) is 26.6. The molecule has 0 saturated carbocycles. The average molecular weight is 203 g/mol. The highest BCUT2D eigenvalue weighted by Gasteiger charge is 2.28. The summed E-state index contributed by atoms with van der Waals surface area (Å²) in [6.45, 7) is 9.07. The van der Waals surface area contributed by atoms with E-state index in [0.29, 0.717) is 5.41 Å². The zero-order valence-electron chi connectivity index (χ0n) is 10.1. The summed E-state index contributed by atoms with van der Waals surface area (Å²) in [6, 6.07) is 6.92. The van der Waals surface area contributed by atoms with E-state index in [1.54, 1.807) is 0 Å². The van der Waals surface area contributed by atoms with Crippen LogP contribution in [0, 0.1) is 13.8 Å². The number of benzene rings is 1. The minimum absolute atomic E-state index is 0.344. The third-order valence-electron chi connectivity index (χ3n) is 3.80. The molecule has 1 N–H and O–H groups in total. The van der Waals surface area contributed by atoms with E-state index in [2.05, 4.69) is 44.3 Å². The van der Waals surface area contributed by atoms with Crippen LogP contribution in [0.25, 0.3) is 0 Å². The van der Waals surface area contributed by atoms with Crippen molar-refractivity contribution >= 4 is 0 Å². The molecule has 1 unspecified atom stereocenters. The molecule has 1 heteroatoms. The molecule has 1 atom stereocenters. The third kappa shape index (κ3) is 2.07. The first-order chi connectivity index (χ1) is 7.12. The molecular formula is C14H21N. The number of rotatable bonds is 1. The SMILES string of the molecule is Cc1ccc(C2(C)CCCNC2)cc1C. The van der Waals surface area contributed by atoms with Crippen LogP contribution < -0.4 is 5.32 Å². The van der Waals surface area contributed by atoms with Crippen LogP contribution >= 0.6 is 0 Å². The monoisotopic (exact) mass is 203 g/mol. The third-order valence-corrected chi connectivity index (χ3v) is 3.80. The van der Waals surface area contributed by atoms with Crippen LogP contribution in [0.2, 0.25) is 0 Å². The summed E-state index contributed by atoms with van der Waals surface area (Å²) >= 11 is 0. The number of piperidine rings is 1. The maximum atomic E-state index is 3.51. The predicted octanol–water partition coefficient (Wildman–Crippen LogP) is 2.94. The van der Waals surface area contributed by atoms with Gasteiger partial charge >= 0.3 is 0 Å². The second-order valence-electron chi connectivity index (χ2n) is 5.14. The molecule has 1 aliphatic heterocycles. The Morgan fingerprint density at radius 1 is 1.20 bits per heavy atom. The molecule has 1 nitrogen and oxygen atoms in total. The summed E-state index contributed by atoms with van der Waals surface area (Å²) in [7, 11) is 0. The van der Waals surface area contributed by atoms with E-state index < -0.39 is 0 Å². The fraction of sp³-hybridized carbons (Fsp3) is 0.571. The Morgan fingerprint density at radius 2 is 2.00 bits per heavy atom. The number of nitrogens with one attached hydrogen (secondary N) is 1. The van der Waals surface area contributed by atoms with Crippen molar-refractivity contribution in [1.82, 2.24) is 5.32 Å². The van der Waals surface area contributed by atoms with Crippen molar-refractivity contribution in [3.8, 4) is 0 Å². The maximum absolute atomic E-state index is 3.51. The van der Waals surface area contributed by atoms with Gasteiger partial charge in [0.1, 0.15) is 0 Å². The molecule has 0 aromatic heterocycles. The molecule has 0 radical (unpaired) electrons. The molecule has 0 bridgehead atoms. The van der Waals surface area contributed by atoms with Gasteiger partial charge < -0.3 is 5.32 Å². The summed E-state index contributed by atoms with van der Waals surface area (Å²) in [5, 5.41) is 3.51. The molecule has 0 spiro atoms. The molecule has 1 fully saturated rings. The first-order valence-corrected chi connectivity index (χ1v) is 5.90. The first-order valence-electron chi connectivity index (χ1n) is 5.90. The van der Waals surface area contributed by atoms with Gasteiger partial charge in [0.25, 0.3) is 0 Å². The van der Waals surface area contributed by atoms with E-state index in [1.807, 2.05) is 0 Å². The van der Waals surface area contributed by atoms with Gasteiger partial charge in [-0.2, -0.15) is 0 Å². The molecule has 1 saturated heterocycles. The van der Waals surface area contributed by atoms with Crippen LogP contribution in [0.1, 0.15) is 36.5 Å². The fourth-order valence-electron chi connectivity index (χ4n) is 2.42. The van der Waals surface area contributed by atoms with Crippen LogP contribution in [0.15, 0.2) is 18.2 Å². The minimum atomic E-state index is 0.344. The van der Waals surface area contributed by atoms with Gasteiger partial charge in [-0.05, 0) is 49.9 Å². The zero-order valence-corrected chi connectivity index (χ0v) is 10.1. The van der Waals surface area contributed by atoms with E-state index in [1.165, 1.54) is 36.1 Å². The van der Waals surface area contributed by atoms with Gasteiger partial charge in [-0.25, -0.2) is 0 Å². The Morgan fingerprint density at radius 3 is 2.60 bits per heavy atom. The van der Waals surface area contributed by atoms with Crippen molar-refractivity contribution in [2.75, 3.05) is 13.1 Å². The van der Waals surface area contributed by atoms with Crippen molar-refractivity contribution in [1.29, 1.82) is 0 Å². The van der Waals surface area contributed by atoms with E-state index in [9.17, 15) is 0 Å². The highest BCUT2D eigenvalue weighted by molar-refractivity contribution is 5.34. The quantitative estimate of drug-likeness (QED) is 0.740. The second kappa shape index (κ2) is 3.97. The van der Waals surface area contributed by atoms with Crippen LogP contribution in [0.4, 0.5) is 0 Å². The Bertz CT molecular complexity index is 348. The summed E-state index contributed by atoms with van der Waals surface area (Å²) in [5.41, 5.74) is 4.65. The van der Waals surface area contributed by atoms with Crippen molar-refractivity contribution in [3.63, 3.8) is 0 Å². The minimum Gasteiger partial charge on any atom is -0.316 e. The van der Waals surface area contributed by atoms with E-state index in [-0.39, 0.29) is 0 Å². The van der Waals surface area contributed by atoms with Crippen molar-refractivity contribution < 1.29 is 0 Å². The first kappa shape index (κ1) is 10.7. The van der Waals surface area contributed by atoms with E-state index in [4.69, 9.17) is 0 Å². The van der Waals surface area contributed by atoms with Gasteiger partial charge in [0.15, 0.2) is 0 Å². The van der Waals surface area contributed by atoms with Crippen LogP contribution in [-0.2, 0) is 5.41 Å². The number of aryl methyl sites for hydroxylation is 2. The van der Waals surface area contributed by atoms with Gasteiger partial charge in [-0.1, -0.05) is 25.1 Å². The summed E-state index contributed by atoms with van der Waals surface area (Å²) < 4.78 is 0. The molecule has 0 aliphatic carbocycles. The highest BCUT2D eigenvalue weighted by atomic mass is 14.9. The largest absolute Gasteiger partial charge is 0.316 e. The lowest BCUT2D eigenvalue weighted by molar-refractivity contribution is 0.339. The summed E-state index contributed by atoms with van der Waals surface area (Å²) in [6.07, 6.45) is 2.60. The van der Waals surface area contributed by atoms with Crippen molar-refractivity contribution in [2.45, 2.75) is 39.0 Å². The van der Waals surface area contributed by atoms with Gasteiger partial charge in [0.05, 0.1) is 0 Å². The van der Waals surface area contributed by atoms with Gasteiger partial charge in [0, 0.05) is 12.0 Å². The maximum Gasteiger partial charge on any atom is 0.00501 e. The highest BCUT2D eigenvalue weighted by Crippen LogP contribution is 2.31. The zero-order chi connectivity index (χ0) is 10.9. The lowest BCUT2D eigenvalue weighted by Gasteiger charge is -2.35. The lowest BCUT2D eigenvalue weighted by atomic mass is 9.76. The molecule has 1 aromatic rings. The Balaban J connectivity index is 2.31. The molecule has 1 aliphatic rings. The van der Waals surface area contributed by atoms with Gasteiger partial charge in [0.2, 0.25) is 0 Å².